The van der Waals surface area contributed by atoms with Crippen LogP contribution in [0.25, 0.3) is 0 Å². The van der Waals surface area contributed by atoms with E-state index < -0.39 is 11.8 Å². The molecule has 0 aliphatic rings. The third kappa shape index (κ3) is 5.31. The van der Waals surface area contributed by atoms with Crippen LogP contribution in [0.15, 0.2) is 18.2 Å². The molecule has 0 bridgehead atoms. The van der Waals surface area contributed by atoms with Gasteiger partial charge in [-0.15, -0.1) is 0 Å². The lowest BCUT2D eigenvalue weighted by molar-refractivity contribution is -0.136. The molecule has 22 heavy (non-hydrogen) atoms. The van der Waals surface area contributed by atoms with E-state index in [-0.39, 0.29) is 0 Å². The molecule has 0 fully saturated rings. The van der Waals surface area contributed by atoms with Crippen LogP contribution >= 0.6 is 0 Å². The van der Waals surface area contributed by atoms with Crippen LogP contribution < -0.4 is 25.4 Å². The lowest BCUT2D eigenvalue weighted by Crippen LogP contribution is -2.36. The predicted molar refractivity (Wildman–Crippen MR) is 79.9 cm³/mol. The normalized spacial score (nSPS) is 9.55. The highest BCUT2D eigenvalue weighted by Gasteiger charge is 2.14. The Labute approximate surface area is 128 Å². The van der Waals surface area contributed by atoms with E-state index in [9.17, 15) is 14.4 Å². The van der Waals surface area contributed by atoms with Crippen molar-refractivity contribution in [1.29, 1.82) is 0 Å². The van der Waals surface area contributed by atoms with Gasteiger partial charge in [0.1, 0.15) is 0 Å². The molecule has 0 aromatic heterocycles. The summed E-state index contributed by atoms with van der Waals surface area (Å²) in [5.74, 6) is -0.565. The summed E-state index contributed by atoms with van der Waals surface area (Å²) in [4.78, 5) is 33.3. The molecular formula is C14H19N3O5. The first-order valence-corrected chi connectivity index (χ1v) is 6.60. The van der Waals surface area contributed by atoms with Crippen LogP contribution in [-0.2, 0) is 14.4 Å². The van der Waals surface area contributed by atoms with Gasteiger partial charge < -0.3 is 25.4 Å². The number of rotatable bonds is 8. The number of hydrogen-bond donors (Lipinski definition) is 3. The Balaban J connectivity index is 2.50. The average molecular weight is 309 g/mol. The summed E-state index contributed by atoms with van der Waals surface area (Å²) in [5, 5.41) is 7.37. The average Bonchev–Trinajstić information content (AvgIpc) is 2.54. The summed E-state index contributed by atoms with van der Waals surface area (Å²) in [6.07, 6.45) is 1.11. The molecule has 3 N–H and O–H groups in total. The maximum atomic E-state index is 11.7. The zero-order valence-electron chi connectivity index (χ0n) is 12.5. The van der Waals surface area contributed by atoms with Gasteiger partial charge in [-0.2, -0.15) is 0 Å². The first-order valence-electron chi connectivity index (χ1n) is 6.60. The van der Waals surface area contributed by atoms with Crippen molar-refractivity contribution in [3.63, 3.8) is 0 Å². The maximum Gasteiger partial charge on any atom is 0.313 e. The first kappa shape index (κ1) is 17.3. The Kier molecular flexibility index (Phi) is 7.24. The summed E-state index contributed by atoms with van der Waals surface area (Å²) >= 11 is 0. The van der Waals surface area contributed by atoms with Gasteiger partial charge in [0.05, 0.1) is 14.2 Å². The molecule has 3 amide bonds. The number of carbonyl (C=O) groups is 3. The summed E-state index contributed by atoms with van der Waals surface area (Å²) in [7, 11) is 2.98. The van der Waals surface area contributed by atoms with Crippen LogP contribution in [0.3, 0.4) is 0 Å². The van der Waals surface area contributed by atoms with Crippen molar-refractivity contribution in [3.8, 4) is 11.5 Å². The highest BCUT2D eigenvalue weighted by molar-refractivity contribution is 6.39. The molecule has 1 aromatic rings. The molecule has 0 aliphatic heterocycles. The highest BCUT2D eigenvalue weighted by atomic mass is 16.5. The van der Waals surface area contributed by atoms with Crippen molar-refractivity contribution in [2.45, 2.75) is 6.42 Å². The molecule has 1 rings (SSSR count). The van der Waals surface area contributed by atoms with Crippen molar-refractivity contribution >= 4 is 23.9 Å². The zero-order chi connectivity index (χ0) is 16.4. The maximum absolute atomic E-state index is 11.7. The van der Waals surface area contributed by atoms with Crippen LogP contribution in [-0.4, -0.2) is 45.5 Å². The molecule has 0 spiro atoms. The van der Waals surface area contributed by atoms with E-state index in [1.165, 1.54) is 14.2 Å². The molecule has 0 radical (unpaired) electrons. The standard InChI is InChI=1S/C14H19N3O5/c1-21-11-5-4-10(8-12(11)22-2)17-14(20)13(19)16-7-3-6-15-9-18/h4-5,8-9H,3,6-7H2,1-2H3,(H,15,18)(H,16,19)(H,17,20). The Bertz CT molecular complexity index is 533. The van der Waals surface area contributed by atoms with Gasteiger partial charge in [-0.1, -0.05) is 0 Å². The molecule has 8 nitrogen and oxygen atoms in total. The minimum absolute atomic E-state index is 0.291. The van der Waals surface area contributed by atoms with Crippen molar-refractivity contribution in [3.05, 3.63) is 18.2 Å². The van der Waals surface area contributed by atoms with E-state index in [1.54, 1.807) is 18.2 Å². The quantitative estimate of drug-likeness (QED) is 0.353. The third-order valence-corrected chi connectivity index (χ3v) is 2.71. The van der Waals surface area contributed by atoms with Crippen LogP contribution in [0.4, 0.5) is 5.69 Å². The number of nitrogens with one attached hydrogen (secondary N) is 3. The van der Waals surface area contributed by atoms with Crippen molar-refractivity contribution in [2.24, 2.45) is 0 Å². The van der Waals surface area contributed by atoms with E-state index in [0.717, 1.165) is 0 Å². The van der Waals surface area contributed by atoms with Gasteiger partial charge in [-0.25, -0.2) is 0 Å². The van der Waals surface area contributed by atoms with Crippen molar-refractivity contribution in [2.75, 3.05) is 32.6 Å². The van der Waals surface area contributed by atoms with Gasteiger partial charge in [-0.05, 0) is 18.6 Å². The molecule has 0 heterocycles. The topological polar surface area (TPSA) is 106 Å². The number of benzene rings is 1. The van der Waals surface area contributed by atoms with E-state index in [1.807, 2.05) is 0 Å². The van der Waals surface area contributed by atoms with E-state index in [4.69, 9.17) is 9.47 Å². The van der Waals surface area contributed by atoms with Crippen molar-refractivity contribution in [1.82, 2.24) is 10.6 Å². The number of amides is 3. The lowest BCUT2D eigenvalue weighted by Gasteiger charge is -2.10. The fraction of sp³-hybridized carbons (Fsp3) is 0.357. The van der Waals surface area contributed by atoms with Gasteiger partial charge in [-0.3, -0.25) is 14.4 Å². The molecule has 0 atom stereocenters. The summed E-state index contributed by atoms with van der Waals surface area (Å²) < 4.78 is 10.2. The SMILES string of the molecule is COc1ccc(NC(=O)C(=O)NCCCNC=O)cc1OC. The Morgan fingerprint density at radius 3 is 2.45 bits per heavy atom. The third-order valence-electron chi connectivity index (χ3n) is 2.71. The Hall–Kier alpha value is -2.77. The monoisotopic (exact) mass is 309 g/mol. The number of hydrogen-bond acceptors (Lipinski definition) is 5. The second-order valence-electron chi connectivity index (χ2n) is 4.21. The highest BCUT2D eigenvalue weighted by Crippen LogP contribution is 2.29. The minimum atomic E-state index is -0.782. The van der Waals surface area contributed by atoms with Gasteiger partial charge in [0, 0.05) is 24.8 Å². The molecule has 8 heteroatoms. The van der Waals surface area contributed by atoms with E-state index >= 15 is 0 Å². The zero-order valence-corrected chi connectivity index (χ0v) is 12.5. The van der Waals surface area contributed by atoms with E-state index in [2.05, 4.69) is 16.0 Å². The molecule has 120 valence electrons. The number of ether oxygens (including phenoxy) is 2. The van der Waals surface area contributed by atoms with E-state index in [0.29, 0.717) is 43.1 Å². The number of methoxy groups -OCH3 is 2. The first-order chi connectivity index (χ1) is 10.6. The van der Waals surface area contributed by atoms with Crippen molar-refractivity contribution < 1.29 is 23.9 Å². The summed E-state index contributed by atoms with van der Waals surface area (Å²) in [6.45, 7) is 0.722. The second-order valence-corrected chi connectivity index (χ2v) is 4.21. The van der Waals surface area contributed by atoms with Crippen LogP contribution in [0.2, 0.25) is 0 Å². The minimum Gasteiger partial charge on any atom is -0.493 e. The second kappa shape index (κ2) is 9.22. The molecular weight excluding hydrogens is 290 g/mol. The Morgan fingerprint density at radius 1 is 1.09 bits per heavy atom. The largest absolute Gasteiger partial charge is 0.493 e. The van der Waals surface area contributed by atoms with Crippen LogP contribution in [0.5, 0.6) is 11.5 Å². The summed E-state index contributed by atoms with van der Waals surface area (Å²) in [5.41, 5.74) is 0.417. The Morgan fingerprint density at radius 2 is 1.82 bits per heavy atom. The van der Waals surface area contributed by atoms with Gasteiger partial charge in [0.25, 0.3) is 0 Å². The smallest absolute Gasteiger partial charge is 0.313 e. The fourth-order valence-electron chi connectivity index (χ4n) is 1.63. The molecule has 0 saturated heterocycles. The van der Waals surface area contributed by atoms with Crippen LogP contribution in [0, 0.1) is 0 Å². The fourth-order valence-corrected chi connectivity index (χ4v) is 1.63. The molecule has 0 saturated carbocycles. The molecule has 0 aliphatic carbocycles. The number of anilines is 1. The van der Waals surface area contributed by atoms with Gasteiger partial charge in [0.2, 0.25) is 6.41 Å². The number of carbonyl (C=O) groups excluding carboxylic acids is 3. The molecule has 1 aromatic carbocycles. The van der Waals surface area contributed by atoms with Crippen LogP contribution in [0.1, 0.15) is 6.42 Å². The molecule has 0 unspecified atom stereocenters. The van der Waals surface area contributed by atoms with Gasteiger partial charge >= 0.3 is 11.8 Å². The lowest BCUT2D eigenvalue weighted by atomic mass is 10.2. The van der Waals surface area contributed by atoms with Gasteiger partial charge in [0.15, 0.2) is 11.5 Å². The summed E-state index contributed by atoms with van der Waals surface area (Å²) in [6, 6.07) is 4.77. The predicted octanol–water partition coefficient (Wildman–Crippen LogP) is -0.105.